The van der Waals surface area contributed by atoms with Crippen LogP contribution in [0.25, 0.3) is 6.08 Å². The van der Waals surface area contributed by atoms with E-state index in [4.69, 9.17) is 4.74 Å². The van der Waals surface area contributed by atoms with E-state index >= 15 is 0 Å². The molecule has 4 nitrogen and oxygen atoms in total. The second kappa shape index (κ2) is 7.96. The predicted octanol–water partition coefficient (Wildman–Crippen LogP) is 2.22. The van der Waals surface area contributed by atoms with E-state index in [2.05, 4.69) is 11.4 Å². The van der Waals surface area contributed by atoms with Gasteiger partial charge in [-0.05, 0) is 38.0 Å². The Kier molecular flexibility index (Phi) is 6.59. The Labute approximate surface area is 126 Å². The summed E-state index contributed by atoms with van der Waals surface area (Å²) < 4.78 is 4.93. The normalized spacial score (nSPS) is 14.1. The maximum Gasteiger partial charge on any atom is 0.244 e. The van der Waals surface area contributed by atoms with Crippen molar-refractivity contribution in [1.82, 2.24) is 5.32 Å². The number of rotatable bonds is 7. The molecule has 0 heterocycles. The number of ether oxygens (including phenoxy) is 1. The van der Waals surface area contributed by atoms with Crippen molar-refractivity contribution in [3.8, 4) is 0 Å². The Morgan fingerprint density at radius 3 is 2.76 bits per heavy atom. The highest BCUT2D eigenvalue weighted by Crippen LogP contribution is 2.12. The van der Waals surface area contributed by atoms with Gasteiger partial charge in [-0.2, -0.15) is 0 Å². The SMILES string of the molecule is COCCC(C)(O)CNC(=O)/C=C/c1ccc(C)cc1C. The van der Waals surface area contributed by atoms with E-state index < -0.39 is 5.60 Å². The maximum atomic E-state index is 11.8. The molecule has 0 fully saturated rings. The summed E-state index contributed by atoms with van der Waals surface area (Å²) in [7, 11) is 1.58. The maximum absolute atomic E-state index is 11.8. The monoisotopic (exact) mass is 291 g/mol. The summed E-state index contributed by atoms with van der Waals surface area (Å²) in [5.41, 5.74) is 2.38. The van der Waals surface area contributed by atoms with Gasteiger partial charge in [0, 0.05) is 32.8 Å². The average molecular weight is 291 g/mol. The standard InChI is InChI=1S/C17H25NO3/c1-13-5-6-15(14(2)11-13)7-8-16(19)18-12-17(3,20)9-10-21-4/h5-8,11,20H,9-10,12H2,1-4H3,(H,18,19)/b8-7+. The van der Waals surface area contributed by atoms with Gasteiger partial charge in [-0.25, -0.2) is 0 Å². The number of nitrogens with one attached hydrogen (secondary N) is 1. The van der Waals surface area contributed by atoms with Crippen LogP contribution in [0, 0.1) is 13.8 Å². The van der Waals surface area contributed by atoms with Crippen molar-refractivity contribution in [2.45, 2.75) is 32.8 Å². The van der Waals surface area contributed by atoms with Gasteiger partial charge in [-0.3, -0.25) is 4.79 Å². The molecule has 0 bridgehead atoms. The minimum atomic E-state index is -0.959. The number of carbonyl (C=O) groups is 1. The smallest absolute Gasteiger partial charge is 0.244 e. The lowest BCUT2D eigenvalue weighted by Gasteiger charge is -2.22. The molecule has 0 saturated carbocycles. The van der Waals surface area contributed by atoms with Crippen molar-refractivity contribution in [3.63, 3.8) is 0 Å². The molecule has 1 aromatic carbocycles. The first-order valence-corrected chi connectivity index (χ1v) is 7.08. The molecule has 4 heteroatoms. The molecular weight excluding hydrogens is 266 g/mol. The first-order chi connectivity index (χ1) is 9.84. The second-order valence-corrected chi connectivity index (χ2v) is 5.65. The number of amides is 1. The van der Waals surface area contributed by atoms with Gasteiger partial charge in [-0.1, -0.05) is 23.8 Å². The van der Waals surface area contributed by atoms with Gasteiger partial charge in [0.1, 0.15) is 0 Å². The minimum absolute atomic E-state index is 0.201. The van der Waals surface area contributed by atoms with Gasteiger partial charge in [0.25, 0.3) is 0 Å². The molecular formula is C17H25NO3. The molecule has 0 aliphatic carbocycles. The van der Waals surface area contributed by atoms with Crippen molar-refractivity contribution in [2.24, 2.45) is 0 Å². The van der Waals surface area contributed by atoms with Crippen LogP contribution in [0.5, 0.6) is 0 Å². The number of aryl methyl sites for hydroxylation is 2. The average Bonchev–Trinajstić information content (AvgIpc) is 2.42. The summed E-state index contributed by atoms with van der Waals surface area (Å²) in [4.78, 5) is 11.8. The fraction of sp³-hybridized carbons (Fsp3) is 0.471. The first kappa shape index (κ1) is 17.4. The van der Waals surface area contributed by atoms with Gasteiger partial charge >= 0.3 is 0 Å². The highest BCUT2D eigenvalue weighted by molar-refractivity contribution is 5.91. The Balaban J connectivity index is 2.51. The number of methoxy groups -OCH3 is 1. The summed E-state index contributed by atoms with van der Waals surface area (Å²) in [5.74, 6) is -0.215. The van der Waals surface area contributed by atoms with Crippen LogP contribution in [-0.2, 0) is 9.53 Å². The summed E-state index contributed by atoms with van der Waals surface area (Å²) in [5, 5.41) is 12.7. The number of carbonyl (C=O) groups excluding carboxylic acids is 1. The van der Waals surface area contributed by atoms with Crippen LogP contribution in [0.3, 0.4) is 0 Å². The van der Waals surface area contributed by atoms with Crippen LogP contribution >= 0.6 is 0 Å². The van der Waals surface area contributed by atoms with E-state index in [1.807, 2.05) is 26.0 Å². The fourth-order valence-electron chi connectivity index (χ4n) is 1.92. The lowest BCUT2D eigenvalue weighted by atomic mass is 10.0. The number of hydrogen-bond donors (Lipinski definition) is 2. The van der Waals surface area contributed by atoms with Gasteiger partial charge in [0.05, 0.1) is 5.60 Å². The van der Waals surface area contributed by atoms with Gasteiger partial charge in [0.15, 0.2) is 0 Å². The lowest BCUT2D eigenvalue weighted by molar-refractivity contribution is -0.117. The van der Waals surface area contributed by atoms with Crippen molar-refractivity contribution in [1.29, 1.82) is 0 Å². The third-order valence-corrected chi connectivity index (χ3v) is 3.33. The Morgan fingerprint density at radius 2 is 2.14 bits per heavy atom. The third kappa shape index (κ3) is 6.56. The summed E-state index contributed by atoms with van der Waals surface area (Å²) in [6, 6.07) is 6.08. The first-order valence-electron chi connectivity index (χ1n) is 7.08. The molecule has 1 unspecified atom stereocenters. The fourth-order valence-corrected chi connectivity index (χ4v) is 1.92. The second-order valence-electron chi connectivity index (χ2n) is 5.65. The van der Waals surface area contributed by atoms with E-state index in [9.17, 15) is 9.90 Å². The summed E-state index contributed by atoms with van der Waals surface area (Å²) in [6.07, 6.45) is 3.75. The number of aliphatic hydroxyl groups is 1. The van der Waals surface area contributed by atoms with Gasteiger partial charge in [0.2, 0.25) is 5.91 Å². The van der Waals surface area contributed by atoms with Crippen molar-refractivity contribution >= 4 is 12.0 Å². The van der Waals surface area contributed by atoms with E-state index in [1.54, 1.807) is 20.1 Å². The molecule has 0 spiro atoms. The van der Waals surface area contributed by atoms with Crippen LogP contribution in [0.1, 0.15) is 30.0 Å². The Bertz CT molecular complexity index is 507. The molecule has 116 valence electrons. The van der Waals surface area contributed by atoms with Crippen LogP contribution in [0.15, 0.2) is 24.3 Å². The molecule has 0 aromatic heterocycles. The predicted molar refractivity (Wildman–Crippen MR) is 85.1 cm³/mol. The zero-order valence-electron chi connectivity index (χ0n) is 13.3. The van der Waals surface area contributed by atoms with Crippen molar-refractivity contribution in [3.05, 3.63) is 41.0 Å². The molecule has 1 rings (SSSR count). The van der Waals surface area contributed by atoms with Gasteiger partial charge < -0.3 is 15.2 Å². The van der Waals surface area contributed by atoms with Crippen LogP contribution in [0.4, 0.5) is 0 Å². The largest absolute Gasteiger partial charge is 0.388 e. The van der Waals surface area contributed by atoms with Gasteiger partial charge in [-0.15, -0.1) is 0 Å². The minimum Gasteiger partial charge on any atom is -0.388 e. The quantitative estimate of drug-likeness (QED) is 0.757. The summed E-state index contributed by atoms with van der Waals surface area (Å²) in [6.45, 7) is 6.39. The number of benzene rings is 1. The lowest BCUT2D eigenvalue weighted by Crippen LogP contribution is -2.40. The van der Waals surface area contributed by atoms with Crippen molar-refractivity contribution < 1.29 is 14.6 Å². The molecule has 0 aliphatic heterocycles. The zero-order chi connectivity index (χ0) is 15.9. The Hall–Kier alpha value is -1.65. The molecule has 2 N–H and O–H groups in total. The van der Waals surface area contributed by atoms with Crippen LogP contribution in [0.2, 0.25) is 0 Å². The third-order valence-electron chi connectivity index (χ3n) is 3.33. The molecule has 21 heavy (non-hydrogen) atoms. The molecule has 1 atom stereocenters. The molecule has 0 radical (unpaired) electrons. The summed E-state index contributed by atoms with van der Waals surface area (Å²) >= 11 is 0. The van der Waals surface area contributed by atoms with E-state index in [0.717, 1.165) is 11.1 Å². The molecule has 1 aromatic rings. The van der Waals surface area contributed by atoms with Crippen LogP contribution < -0.4 is 5.32 Å². The van der Waals surface area contributed by atoms with E-state index in [0.29, 0.717) is 13.0 Å². The van der Waals surface area contributed by atoms with Crippen molar-refractivity contribution in [2.75, 3.05) is 20.3 Å². The molecule has 0 aliphatic rings. The van der Waals surface area contributed by atoms with E-state index in [-0.39, 0.29) is 12.5 Å². The highest BCUT2D eigenvalue weighted by atomic mass is 16.5. The van der Waals surface area contributed by atoms with E-state index in [1.165, 1.54) is 11.6 Å². The molecule has 0 saturated heterocycles. The highest BCUT2D eigenvalue weighted by Gasteiger charge is 2.20. The topological polar surface area (TPSA) is 58.6 Å². The van der Waals surface area contributed by atoms with Crippen LogP contribution in [-0.4, -0.2) is 36.9 Å². The molecule has 1 amide bonds. The Morgan fingerprint density at radius 1 is 1.43 bits per heavy atom. The zero-order valence-corrected chi connectivity index (χ0v) is 13.3. The number of hydrogen-bond acceptors (Lipinski definition) is 3.